The molecule has 3 aromatic rings. The fourth-order valence-electron chi connectivity index (χ4n) is 2.00. The van der Waals surface area contributed by atoms with E-state index >= 15 is 0 Å². The van der Waals surface area contributed by atoms with Crippen LogP contribution in [0.15, 0.2) is 24.0 Å². The molecular weight excluding hydrogens is 280 g/mol. The van der Waals surface area contributed by atoms with Crippen molar-refractivity contribution in [1.29, 1.82) is 0 Å². The molecule has 0 fully saturated rings. The summed E-state index contributed by atoms with van der Waals surface area (Å²) in [5, 5.41) is 15.9. The van der Waals surface area contributed by atoms with Crippen molar-refractivity contribution in [2.45, 2.75) is 6.42 Å². The Hall–Kier alpha value is -2.42. The van der Waals surface area contributed by atoms with Crippen molar-refractivity contribution in [2.24, 2.45) is 7.05 Å². The Morgan fingerprint density at radius 3 is 3.05 bits per heavy atom. The molecule has 3 heterocycles. The predicted octanol–water partition coefficient (Wildman–Crippen LogP) is 1.69. The number of imidazole rings is 2. The third-order valence-corrected chi connectivity index (χ3v) is 3.73. The van der Waals surface area contributed by atoms with Crippen molar-refractivity contribution in [3.63, 3.8) is 0 Å². The molecule has 9 heteroatoms. The summed E-state index contributed by atoms with van der Waals surface area (Å²) in [6.45, 7) is 0.538. The molecule has 0 amide bonds. The fraction of sp³-hybridized carbons (Fsp3) is 0.273. The van der Waals surface area contributed by atoms with Crippen molar-refractivity contribution in [3.8, 4) is 0 Å². The summed E-state index contributed by atoms with van der Waals surface area (Å²) in [6.07, 6.45) is 5.91. The van der Waals surface area contributed by atoms with Gasteiger partial charge >= 0.3 is 5.82 Å². The van der Waals surface area contributed by atoms with Crippen LogP contribution in [0, 0.1) is 10.1 Å². The monoisotopic (exact) mass is 292 g/mol. The van der Waals surface area contributed by atoms with Gasteiger partial charge in [0.05, 0.1) is 0 Å². The molecular formula is C11H12N6O2S. The number of nitro groups is 1. The second kappa shape index (κ2) is 4.93. The van der Waals surface area contributed by atoms with Gasteiger partial charge in [-0.05, 0) is 4.92 Å². The lowest BCUT2D eigenvalue weighted by Crippen LogP contribution is -2.10. The van der Waals surface area contributed by atoms with Gasteiger partial charge in [0, 0.05) is 37.8 Å². The molecule has 0 spiro atoms. The maximum atomic E-state index is 11.1. The van der Waals surface area contributed by atoms with Crippen LogP contribution in [-0.2, 0) is 13.5 Å². The van der Waals surface area contributed by atoms with Gasteiger partial charge in [-0.1, -0.05) is 11.3 Å². The quantitative estimate of drug-likeness (QED) is 0.571. The Morgan fingerprint density at radius 2 is 2.35 bits per heavy atom. The lowest BCUT2D eigenvalue weighted by Gasteiger charge is -2.03. The molecule has 0 aliphatic carbocycles. The minimum Gasteiger partial charge on any atom is -0.362 e. The fourth-order valence-corrected chi connectivity index (χ4v) is 2.71. The largest absolute Gasteiger partial charge is 0.372 e. The molecule has 3 aromatic heterocycles. The first-order valence-corrected chi connectivity index (χ1v) is 6.85. The van der Waals surface area contributed by atoms with Crippen molar-refractivity contribution < 1.29 is 4.92 Å². The first-order valence-electron chi connectivity index (χ1n) is 5.97. The van der Waals surface area contributed by atoms with Crippen LogP contribution in [0.3, 0.4) is 0 Å². The Morgan fingerprint density at radius 1 is 1.50 bits per heavy atom. The van der Waals surface area contributed by atoms with Crippen LogP contribution in [0.1, 0.15) is 5.82 Å². The molecule has 104 valence electrons. The summed E-state index contributed by atoms with van der Waals surface area (Å²) < 4.78 is 3.40. The van der Waals surface area contributed by atoms with Gasteiger partial charge in [-0.25, -0.2) is 4.98 Å². The van der Waals surface area contributed by atoms with E-state index in [1.807, 2.05) is 17.8 Å². The molecule has 0 aliphatic rings. The zero-order valence-corrected chi connectivity index (χ0v) is 11.5. The van der Waals surface area contributed by atoms with Gasteiger partial charge in [-0.2, -0.15) is 9.38 Å². The number of nitrogens with zero attached hydrogens (tertiary/aromatic N) is 5. The standard InChI is InChI=1S/C11H12N6O2S/c1-15-5-4-12-8(15)2-3-13-9-10(17(18)19)16-6-7-20-11(16)14-9/h4-7,13H,2-3H2,1H3. The molecule has 0 atom stereocenters. The summed E-state index contributed by atoms with van der Waals surface area (Å²) in [6, 6.07) is 0. The average molecular weight is 292 g/mol. The minimum absolute atomic E-state index is 0.0268. The summed E-state index contributed by atoms with van der Waals surface area (Å²) in [5.41, 5.74) is 0. The number of aryl methyl sites for hydroxylation is 1. The third-order valence-electron chi connectivity index (χ3n) is 2.97. The smallest absolute Gasteiger partial charge is 0.362 e. The maximum Gasteiger partial charge on any atom is 0.372 e. The topological polar surface area (TPSA) is 90.3 Å². The highest BCUT2D eigenvalue weighted by atomic mass is 32.1. The number of nitrogens with one attached hydrogen (secondary N) is 1. The Kier molecular flexibility index (Phi) is 3.11. The summed E-state index contributed by atoms with van der Waals surface area (Å²) in [4.78, 5) is 19.8. The number of anilines is 1. The maximum absolute atomic E-state index is 11.1. The summed E-state index contributed by atoms with van der Waals surface area (Å²) in [7, 11) is 1.91. The first-order chi connectivity index (χ1) is 9.66. The highest BCUT2D eigenvalue weighted by molar-refractivity contribution is 7.15. The van der Waals surface area contributed by atoms with E-state index in [9.17, 15) is 10.1 Å². The zero-order chi connectivity index (χ0) is 14.1. The van der Waals surface area contributed by atoms with Gasteiger partial charge in [0.1, 0.15) is 12.0 Å². The van der Waals surface area contributed by atoms with Crippen LogP contribution in [0.4, 0.5) is 11.6 Å². The average Bonchev–Trinajstić information content (AvgIpc) is 3.05. The van der Waals surface area contributed by atoms with E-state index < -0.39 is 4.92 Å². The van der Waals surface area contributed by atoms with Gasteiger partial charge < -0.3 is 20.0 Å². The normalized spacial score (nSPS) is 11.1. The van der Waals surface area contributed by atoms with Crippen LogP contribution in [0.25, 0.3) is 4.96 Å². The molecule has 3 rings (SSSR count). The second-order valence-electron chi connectivity index (χ2n) is 4.23. The van der Waals surface area contributed by atoms with E-state index in [2.05, 4.69) is 15.3 Å². The number of fused-ring (bicyclic) bond motifs is 1. The molecule has 0 radical (unpaired) electrons. The zero-order valence-electron chi connectivity index (χ0n) is 10.7. The van der Waals surface area contributed by atoms with Crippen LogP contribution in [-0.4, -0.2) is 30.4 Å². The van der Waals surface area contributed by atoms with Crippen LogP contribution < -0.4 is 5.32 Å². The van der Waals surface area contributed by atoms with E-state index in [0.29, 0.717) is 23.7 Å². The Bertz CT molecular complexity index is 758. The number of hydrogen-bond donors (Lipinski definition) is 1. The highest BCUT2D eigenvalue weighted by Crippen LogP contribution is 2.27. The lowest BCUT2D eigenvalue weighted by atomic mass is 10.4. The third kappa shape index (κ3) is 2.11. The molecule has 0 unspecified atom stereocenters. The van der Waals surface area contributed by atoms with Gasteiger partial charge in [-0.15, -0.1) is 0 Å². The lowest BCUT2D eigenvalue weighted by molar-refractivity contribution is -0.389. The van der Waals surface area contributed by atoms with Crippen molar-refractivity contribution in [2.75, 3.05) is 11.9 Å². The van der Waals surface area contributed by atoms with Crippen molar-refractivity contribution in [3.05, 3.63) is 39.9 Å². The van der Waals surface area contributed by atoms with E-state index in [1.54, 1.807) is 17.8 Å². The molecule has 0 aliphatic heterocycles. The molecule has 1 N–H and O–H groups in total. The molecule has 0 saturated carbocycles. The summed E-state index contributed by atoms with van der Waals surface area (Å²) in [5.74, 6) is 1.19. The highest BCUT2D eigenvalue weighted by Gasteiger charge is 2.23. The molecule has 8 nitrogen and oxygen atoms in total. The Labute approximate surface area is 117 Å². The van der Waals surface area contributed by atoms with E-state index in [-0.39, 0.29) is 5.82 Å². The molecule has 20 heavy (non-hydrogen) atoms. The van der Waals surface area contributed by atoms with E-state index in [0.717, 1.165) is 5.82 Å². The van der Waals surface area contributed by atoms with Crippen LogP contribution >= 0.6 is 11.3 Å². The number of thiazole rings is 1. The number of hydrogen-bond acceptors (Lipinski definition) is 6. The van der Waals surface area contributed by atoms with Gasteiger partial charge in [0.15, 0.2) is 0 Å². The Balaban J connectivity index is 1.77. The number of aromatic nitrogens is 4. The van der Waals surface area contributed by atoms with Crippen LogP contribution in [0.5, 0.6) is 0 Å². The van der Waals surface area contributed by atoms with E-state index in [1.165, 1.54) is 15.7 Å². The number of rotatable bonds is 5. The molecule has 0 saturated heterocycles. The van der Waals surface area contributed by atoms with Gasteiger partial charge in [0.2, 0.25) is 5.82 Å². The second-order valence-corrected chi connectivity index (χ2v) is 5.10. The van der Waals surface area contributed by atoms with Crippen LogP contribution in [0.2, 0.25) is 0 Å². The van der Waals surface area contributed by atoms with Crippen molar-refractivity contribution in [1.82, 2.24) is 18.9 Å². The van der Waals surface area contributed by atoms with E-state index in [4.69, 9.17) is 0 Å². The predicted molar refractivity (Wildman–Crippen MR) is 75.1 cm³/mol. The SMILES string of the molecule is Cn1ccnc1CCNc1nc2sccn2c1[N+](=O)[O-]. The van der Waals surface area contributed by atoms with Gasteiger partial charge in [-0.3, -0.25) is 0 Å². The van der Waals surface area contributed by atoms with Crippen molar-refractivity contribution >= 4 is 27.9 Å². The molecule has 0 bridgehead atoms. The minimum atomic E-state index is -0.421. The summed E-state index contributed by atoms with van der Waals surface area (Å²) >= 11 is 1.36. The van der Waals surface area contributed by atoms with Gasteiger partial charge in [0.25, 0.3) is 4.96 Å². The molecule has 0 aromatic carbocycles. The first kappa shape index (κ1) is 12.6.